The van der Waals surface area contributed by atoms with Gasteiger partial charge in [-0.15, -0.1) is 0 Å². The van der Waals surface area contributed by atoms with E-state index < -0.39 is 0 Å². The summed E-state index contributed by atoms with van der Waals surface area (Å²) in [6, 6.07) is 6.54. The van der Waals surface area contributed by atoms with Crippen LogP contribution in [-0.2, 0) is 4.79 Å². The van der Waals surface area contributed by atoms with Crippen molar-refractivity contribution in [2.45, 2.75) is 25.8 Å². The molecule has 1 aromatic carbocycles. The molecule has 0 fully saturated rings. The minimum absolute atomic E-state index is 0.159. The maximum atomic E-state index is 11.6. The molecule has 0 aliphatic rings. The molecule has 1 amide bonds. The Labute approximate surface area is 105 Å². The molecule has 1 aromatic rings. The van der Waals surface area contributed by atoms with Gasteiger partial charge in [-0.25, -0.2) is 0 Å². The zero-order chi connectivity index (χ0) is 12.8. The van der Waals surface area contributed by atoms with Crippen molar-refractivity contribution in [3.8, 4) is 6.07 Å². The van der Waals surface area contributed by atoms with Gasteiger partial charge >= 0.3 is 0 Å². The summed E-state index contributed by atoms with van der Waals surface area (Å²) >= 11 is 5.91. The Hall–Kier alpha value is -1.57. The molecule has 3 N–H and O–H groups in total. The Morgan fingerprint density at radius 1 is 1.65 bits per heavy atom. The zero-order valence-electron chi connectivity index (χ0n) is 9.53. The molecule has 0 saturated carbocycles. The van der Waals surface area contributed by atoms with E-state index in [9.17, 15) is 4.79 Å². The Morgan fingerprint density at radius 3 is 2.94 bits per heavy atom. The number of hydrogen-bond donors (Lipinski definition) is 2. The van der Waals surface area contributed by atoms with Crippen molar-refractivity contribution >= 4 is 23.2 Å². The lowest BCUT2D eigenvalue weighted by Gasteiger charge is -2.10. The summed E-state index contributed by atoms with van der Waals surface area (Å²) in [6.07, 6.45) is 0.975. The molecule has 0 bridgehead atoms. The van der Waals surface area contributed by atoms with Crippen molar-refractivity contribution < 1.29 is 4.79 Å². The minimum atomic E-state index is -0.198. The zero-order valence-corrected chi connectivity index (χ0v) is 10.3. The second-order valence-corrected chi connectivity index (χ2v) is 4.13. The molecule has 0 aliphatic carbocycles. The molecule has 90 valence electrons. The highest BCUT2D eigenvalue weighted by Gasteiger charge is 2.10. The first-order valence-electron chi connectivity index (χ1n) is 5.32. The highest BCUT2D eigenvalue weighted by molar-refractivity contribution is 6.33. The van der Waals surface area contributed by atoms with Crippen LogP contribution in [0.3, 0.4) is 0 Å². The van der Waals surface area contributed by atoms with E-state index in [1.165, 1.54) is 6.07 Å². The minimum Gasteiger partial charge on any atom is -0.327 e. The van der Waals surface area contributed by atoms with E-state index in [0.717, 1.165) is 6.42 Å². The van der Waals surface area contributed by atoms with Gasteiger partial charge in [0.05, 0.1) is 22.3 Å². The van der Waals surface area contributed by atoms with Gasteiger partial charge in [-0.3, -0.25) is 4.79 Å². The molecule has 1 atom stereocenters. The highest BCUT2D eigenvalue weighted by atomic mass is 35.5. The van der Waals surface area contributed by atoms with E-state index in [0.29, 0.717) is 16.3 Å². The summed E-state index contributed by atoms with van der Waals surface area (Å²) in [7, 11) is 0. The van der Waals surface area contributed by atoms with Crippen molar-refractivity contribution in [1.29, 1.82) is 5.26 Å². The van der Waals surface area contributed by atoms with Gasteiger partial charge in [0.25, 0.3) is 0 Å². The molecule has 0 spiro atoms. The molecule has 0 saturated heterocycles. The molecule has 17 heavy (non-hydrogen) atoms. The quantitative estimate of drug-likeness (QED) is 0.862. The Kier molecular flexibility index (Phi) is 4.95. The van der Waals surface area contributed by atoms with Crippen molar-refractivity contribution in [2.75, 3.05) is 5.32 Å². The van der Waals surface area contributed by atoms with E-state index in [4.69, 9.17) is 22.6 Å². The predicted octanol–water partition coefficient (Wildman–Crippen LogP) is 2.28. The number of rotatable bonds is 4. The maximum Gasteiger partial charge on any atom is 0.225 e. The van der Waals surface area contributed by atoms with E-state index in [1.807, 2.05) is 13.0 Å². The van der Waals surface area contributed by atoms with Gasteiger partial charge in [0.15, 0.2) is 0 Å². The van der Waals surface area contributed by atoms with Crippen molar-refractivity contribution in [3.05, 3.63) is 28.8 Å². The maximum absolute atomic E-state index is 11.6. The summed E-state index contributed by atoms with van der Waals surface area (Å²) in [5, 5.41) is 11.8. The van der Waals surface area contributed by atoms with Crippen LogP contribution in [0.4, 0.5) is 5.69 Å². The number of anilines is 1. The Balaban J connectivity index is 2.74. The van der Waals surface area contributed by atoms with Crippen LogP contribution < -0.4 is 11.1 Å². The van der Waals surface area contributed by atoms with E-state index in [-0.39, 0.29) is 18.4 Å². The number of hydrogen-bond acceptors (Lipinski definition) is 3. The summed E-state index contributed by atoms with van der Waals surface area (Å²) in [4.78, 5) is 11.6. The number of nitrogens with two attached hydrogens (primary N) is 1. The molecule has 0 heterocycles. The largest absolute Gasteiger partial charge is 0.327 e. The van der Waals surface area contributed by atoms with Crippen LogP contribution in [0.25, 0.3) is 0 Å². The van der Waals surface area contributed by atoms with Crippen LogP contribution in [0.15, 0.2) is 18.2 Å². The number of nitriles is 1. The molecule has 0 aromatic heterocycles. The summed E-state index contributed by atoms with van der Waals surface area (Å²) in [5.74, 6) is -0.198. The van der Waals surface area contributed by atoms with Gasteiger partial charge < -0.3 is 11.1 Å². The SMILES string of the molecule is CCC(N)CC(=O)Nc1cc(C#N)ccc1Cl. The second kappa shape index (κ2) is 6.24. The molecular formula is C12H14ClN3O. The monoisotopic (exact) mass is 251 g/mol. The van der Waals surface area contributed by atoms with E-state index in [1.54, 1.807) is 12.1 Å². The number of nitrogens with zero attached hydrogens (tertiary/aromatic N) is 1. The van der Waals surface area contributed by atoms with Gasteiger partial charge in [-0.05, 0) is 24.6 Å². The first kappa shape index (κ1) is 13.5. The van der Waals surface area contributed by atoms with Crippen LogP contribution in [0.1, 0.15) is 25.3 Å². The number of amides is 1. The van der Waals surface area contributed by atoms with E-state index in [2.05, 4.69) is 5.32 Å². The highest BCUT2D eigenvalue weighted by Crippen LogP contribution is 2.22. The average Bonchev–Trinajstić information content (AvgIpc) is 2.31. The predicted molar refractivity (Wildman–Crippen MR) is 67.7 cm³/mol. The van der Waals surface area contributed by atoms with Crippen LogP contribution in [0.2, 0.25) is 5.02 Å². The smallest absolute Gasteiger partial charge is 0.225 e. The molecule has 0 radical (unpaired) electrons. The van der Waals surface area contributed by atoms with Gasteiger partial charge in [0.1, 0.15) is 0 Å². The molecule has 4 nitrogen and oxygen atoms in total. The number of halogens is 1. The third kappa shape index (κ3) is 4.06. The summed E-state index contributed by atoms with van der Waals surface area (Å²) in [5.41, 5.74) is 6.57. The average molecular weight is 252 g/mol. The molecule has 1 rings (SSSR count). The fourth-order valence-corrected chi connectivity index (χ4v) is 1.44. The molecule has 1 unspecified atom stereocenters. The van der Waals surface area contributed by atoms with E-state index >= 15 is 0 Å². The lowest BCUT2D eigenvalue weighted by Crippen LogP contribution is -2.26. The lowest BCUT2D eigenvalue weighted by molar-refractivity contribution is -0.116. The van der Waals surface area contributed by atoms with Crippen molar-refractivity contribution in [3.63, 3.8) is 0 Å². The molecular weight excluding hydrogens is 238 g/mol. The van der Waals surface area contributed by atoms with Crippen molar-refractivity contribution in [1.82, 2.24) is 0 Å². The number of carbonyl (C=O) groups is 1. The fourth-order valence-electron chi connectivity index (χ4n) is 1.27. The third-order valence-electron chi connectivity index (χ3n) is 2.34. The van der Waals surface area contributed by atoms with Crippen molar-refractivity contribution in [2.24, 2.45) is 5.73 Å². The topological polar surface area (TPSA) is 78.9 Å². The van der Waals surface area contributed by atoms with Gasteiger partial charge in [-0.2, -0.15) is 5.26 Å². The summed E-state index contributed by atoms with van der Waals surface area (Å²) in [6.45, 7) is 1.92. The Bertz CT molecular complexity index is 454. The second-order valence-electron chi connectivity index (χ2n) is 3.73. The first-order valence-corrected chi connectivity index (χ1v) is 5.69. The number of benzene rings is 1. The normalized spacial score (nSPS) is 11.6. The molecule has 0 aliphatic heterocycles. The Morgan fingerprint density at radius 2 is 2.35 bits per heavy atom. The lowest BCUT2D eigenvalue weighted by atomic mass is 10.1. The molecule has 5 heteroatoms. The standard InChI is InChI=1S/C12H14ClN3O/c1-2-9(15)6-12(17)16-11-5-8(7-14)3-4-10(11)13/h3-5,9H,2,6,15H2,1H3,(H,16,17). The van der Waals surface area contributed by atoms with Crippen LogP contribution in [0, 0.1) is 11.3 Å². The number of carbonyl (C=O) groups excluding carboxylic acids is 1. The van der Waals surface area contributed by atoms with Crippen LogP contribution in [0.5, 0.6) is 0 Å². The van der Waals surface area contributed by atoms with Crippen LogP contribution >= 0.6 is 11.6 Å². The summed E-state index contributed by atoms with van der Waals surface area (Å²) < 4.78 is 0. The van der Waals surface area contributed by atoms with Gasteiger partial charge in [-0.1, -0.05) is 18.5 Å². The number of nitrogens with one attached hydrogen (secondary N) is 1. The van der Waals surface area contributed by atoms with Gasteiger partial charge in [0, 0.05) is 12.5 Å². The third-order valence-corrected chi connectivity index (χ3v) is 2.67. The van der Waals surface area contributed by atoms with Crippen LogP contribution in [-0.4, -0.2) is 11.9 Å². The fraction of sp³-hybridized carbons (Fsp3) is 0.333. The first-order chi connectivity index (χ1) is 8.06. The van der Waals surface area contributed by atoms with Gasteiger partial charge in [0.2, 0.25) is 5.91 Å².